The van der Waals surface area contributed by atoms with Crippen LogP contribution in [0.1, 0.15) is 12.0 Å². The van der Waals surface area contributed by atoms with E-state index in [0.717, 1.165) is 64.0 Å². The molecule has 5 heteroatoms. The Kier molecular flexibility index (Phi) is 5.67. The second-order valence-corrected chi connectivity index (χ2v) is 7.10. The smallest absolute Gasteiger partial charge is 0.128 e. The van der Waals surface area contributed by atoms with Gasteiger partial charge in [-0.2, -0.15) is 0 Å². The Labute approximate surface area is 156 Å². The highest BCUT2D eigenvalue weighted by Gasteiger charge is 2.18. The highest BCUT2D eigenvalue weighted by molar-refractivity contribution is 5.38. The number of fused-ring (bicyclic) bond motifs is 1. The average molecular weight is 352 g/mol. The molecule has 0 amide bonds. The Hall–Kier alpha value is -2.11. The van der Waals surface area contributed by atoms with Crippen LogP contribution in [0, 0.1) is 0 Å². The molecule has 4 rings (SSSR count). The fourth-order valence-corrected chi connectivity index (χ4v) is 3.83. The molecule has 2 aliphatic rings. The number of para-hydroxylation sites is 1. The lowest BCUT2D eigenvalue weighted by molar-refractivity contribution is 0.200. The summed E-state index contributed by atoms with van der Waals surface area (Å²) >= 11 is 0. The Morgan fingerprint density at radius 1 is 0.846 bits per heavy atom. The Balaban J connectivity index is 1.20. The zero-order chi connectivity index (χ0) is 17.6. The normalized spacial score (nSPS) is 18.8. The SMILES string of the molecule is c1ccc(N2CCN(CCCN3CCOc4ccccc4C3)CC2)nc1. The molecule has 26 heavy (non-hydrogen) atoms. The van der Waals surface area contributed by atoms with Crippen molar-refractivity contribution in [1.82, 2.24) is 14.8 Å². The number of hydrogen-bond donors (Lipinski definition) is 0. The predicted octanol–water partition coefficient (Wildman–Crippen LogP) is 2.49. The maximum absolute atomic E-state index is 5.87. The van der Waals surface area contributed by atoms with E-state index in [-0.39, 0.29) is 0 Å². The third kappa shape index (κ3) is 4.34. The van der Waals surface area contributed by atoms with E-state index in [1.165, 1.54) is 18.5 Å². The minimum Gasteiger partial charge on any atom is -0.492 e. The number of anilines is 1. The molecule has 2 aliphatic heterocycles. The molecule has 0 radical (unpaired) electrons. The van der Waals surface area contributed by atoms with Gasteiger partial charge in [-0.25, -0.2) is 4.98 Å². The first kappa shape index (κ1) is 17.3. The van der Waals surface area contributed by atoms with Crippen LogP contribution in [0.2, 0.25) is 0 Å². The molecular formula is C21H28N4O. The van der Waals surface area contributed by atoms with Crippen LogP contribution in [0.5, 0.6) is 5.75 Å². The highest BCUT2D eigenvalue weighted by atomic mass is 16.5. The van der Waals surface area contributed by atoms with Crippen molar-refractivity contribution in [3.05, 3.63) is 54.2 Å². The highest BCUT2D eigenvalue weighted by Crippen LogP contribution is 2.22. The molecule has 1 aromatic carbocycles. The molecule has 3 heterocycles. The van der Waals surface area contributed by atoms with Crippen molar-refractivity contribution in [2.45, 2.75) is 13.0 Å². The van der Waals surface area contributed by atoms with E-state index in [0.29, 0.717) is 0 Å². The van der Waals surface area contributed by atoms with Crippen molar-refractivity contribution < 1.29 is 4.74 Å². The van der Waals surface area contributed by atoms with Crippen molar-refractivity contribution in [2.24, 2.45) is 0 Å². The Morgan fingerprint density at radius 2 is 1.65 bits per heavy atom. The lowest BCUT2D eigenvalue weighted by Crippen LogP contribution is -2.47. The van der Waals surface area contributed by atoms with Crippen LogP contribution in [-0.2, 0) is 6.54 Å². The number of pyridine rings is 1. The summed E-state index contributed by atoms with van der Waals surface area (Å²) in [5.74, 6) is 2.16. The molecule has 138 valence electrons. The number of nitrogens with zero attached hydrogens (tertiary/aromatic N) is 4. The quantitative estimate of drug-likeness (QED) is 0.825. The van der Waals surface area contributed by atoms with Crippen LogP contribution in [0.25, 0.3) is 0 Å². The fraction of sp³-hybridized carbons (Fsp3) is 0.476. The standard InChI is InChI=1S/C21H28N4O/c1-2-7-20-19(6-1)18-24(16-17-26-20)11-5-10-23-12-14-25(15-13-23)21-8-3-4-9-22-21/h1-4,6-9H,5,10-18H2. The third-order valence-electron chi connectivity index (χ3n) is 5.33. The summed E-state index contributed by atoms with van der Waals surface area (Å²) in [4.78, 5) is 12.0. The number of ether oxygens (including phenoxy) is 1. The molecule has 0 N–H and O–H groups in total. The lowest BCUT2D eigenvalue weighted by atomic mass is 10.2. The van der Waals surface area contributed by atoms with E-state index >= 15 is 0 Å². The predicted molar refractivity (Wildman–Crippen MR) is 105 cm³/mol. The van der Waals surface area contributed by atoms with Crippen LogP contribution in [-0.4, -0.2) is 67.2 Å². The summed E-state index contributed by atoms with van der Waals surface area (Å²) in [5, 5.41) is 0. The second kappa shape index (κ2) is 8.52. The monoisotopic (exact) mass is 352 g/mol. The Bertz CT molecular complexity index is 685. The number of hydrogen-bond acceptors (Lipinski definition) is 5. The van der Waals surface area contributed by atoms with Gasteiger partial charge < -0.3 is 9.64 Å². The van der Waals surface area contributed by atoms with Gasteiger partial charge in [0.1, 0.15) is 18.2 Å². The van der Waals surface area contributed by atoms with Crippen LogP contribution >= 0.6 is 0 Å². The van der Waals surface area contributed by atoms with Gasteiger partial charge in [-0.3, -0.25) is 9.80 Å². The zero-order valence-corrected chi connectivity index (χ0v) is 15.4. The van der Waals surface area contributed by atoms with Gasteiger partial charge in [0.25, 0.3) is 0 Å². The largest absolute Gasteiger partial charge is 0.492 e. The molecular weight excluding hydrogens is 324 g/mol. The summed E-state index contributed by atoms with van der Waals surface area (Å²) in [7, 11) is 0. The average Bonchev–Trinajstić information content (AvgIpc) is 2.91. The van der Waals surface area contributed by atoms with E-state index in [2.05, 4.69) is 56.1 Å². The zero-order valence-electron chi connectivity index (χ0n) is 15.4. The summed E-state index contributed by atoms with van der Waals surface area (Å²) in [6.07, 6.45) is 3.09. The maximum Gasteiger partial charge on any atom is 0.128 e. The molecule has 5 nitrogen and oxygen atoms in total. The molecule has 0 saturated carbocycles. The first-order valence-electron chi connectivity index (χ1n) is 9.70. The van der Waals surface area contributed by atoms with E-state index in [1.807, 2.05) is 12.3 Å². The van der Waals surface area contributed by atoms with Crippen LogP contribution in [0.4, 0.5) is 5.82 Å². The number of aromatic nitrogens is 1. The fourth-order valence-electron chi connectivity index (χ4n) is 3.83. The van der Waals surface area contributed by atoms with Crippen molar-refractivity contribution in [2.75, 3.05) is 57.3 Å². The molecule has 0 atom stereocenters. The van der Waals surface area contributed by atoms with Crippen molar-refractivity contribution in [3.8, 4) is 5.75 Å². The third-order valence-corrected chi connectivity index (χ3v) is 5.33. The molecule has 2 aromatic rings. The molecule has 0 spiro atoms. The van der Waals surface area contributed by atoms with E-state index in [9.17, 15) is 0 Å². The first-order chi connectivity index (χ1) is 12.9. The molecule has 0 unspecified atom stereocenters. The molecule has 1 aromatic heterocycles. The van der Waals surface area contributed by atoms with E-state index < -0.39 is 0 Å². The van der Waals surface area contributed by atoms with E-state index in [4.69, 9.17) is 4.74 Å². The summed E-state index contributed by atoms with van der Waals surface area (Å²) in [6, 6.07) is 14.6. The summed E-state index contributed by atoms with van der Waals surface area (Å²) < 4.78 is 5.87. The van der Waals surface area contributed by atoms with Crippen molar-refractivity contribution in [1.29, 1.82) is 0 Å². The van der Waals surface area contributed by atoms with Gasteiger partial charge in [-0.15, -0.1) is 0 Å². The van der Waals surface area contributed by atoms with E-state index in [1.54, 1.807) is 0 Å². The molecule has 1 saturated heterocycles. The van der Waals surface area contributed by atoms with Gasteiger partial charge in [-0.05, 0) is 37.7 Å². The second-order valence-electron chi connectivity index (χ2n) is 7.10. The summed E-state index contributed by atoms with van der Waals surface area (Å²) in [6.45, 7) is 9.52. The van der Waals surface area contributed by atoms with Crippen LogP contribution in [0.15, 0.2) is 48.7 Å². The van der Waals surface area contributed by atoms with Crippen molar-refractivity contribution >= 4 is 5.82 Å². The first-order valence-corrected chi connectivity index (χ1v) is 9.70. The topological polar surface area (TPSA) is 31.8 Å². The number of rotatable bonds is 5. The van der Waals surface area contributed by atoms with Gasteiger partial charge in [0, 0.05) is 51.0 Å². The van der Waals surface area contributed by atoms with Crippen LogP contribution in [0.3, 0.4) is 0 Å². The lowest BCUT2D eigenvalue weighted by Gasteiger charge is -2.35. The molecule has 1 fully saturated rings. The minimum absolute atomic E-state index is 0.791. The number of benzene rings is 1. The Morgan fingerprint density at radius 3 is 2.50 bits per heavy atom. The van der Waals surface area contributed by atoms with Crippen molar-refractivity contribution in [3.63, 3.8) is 0 Å². The van der Waals surface area contributed by atoms with Gasteiger partial charge in [0.15, 0.2) is 0 Å². The van der Waals surface area contributed by atoms with Gasteiger partial charge in [-0.1, -0.05) is 24.3 Å². The van der Waals surface area contributed by atoms with Crippen LogP contribution < -0.4 is 9.64 Å². The minimum atomic E-state index is 0.791. The number of piperazine rings is 1. The summed E-state index contributed by atoms with van der Waals surface area (Å²) in [5.41, 5.74) is 1.31. The van der Waals surface area contributed by atoms with Gasteiger partial charge in [0.2, 0.25) is 0 Å². The van der Waals surface area contributed by atoms with Gasteiger partial charge in [0.05, 0.1) is 0 Å². The molecule has 0 aliphatic carbocycles. The van der Waals surface area contributed by atoms with Gasteiger partial charge >= 0.3 is 0 Å². The maximum atomic E-state index is 5.87. The molecule has 0 bridgehead atoms.